The van der Waals surface area contributed by atoms with Crippen LogP contribution in [0.3, 0.4) is 0 Å². The van der Waals surface area contributed by atoms with Gasteiger partial charge in [-0.1, -0.05) is 54.2 Å². The largest absolute Gasteiger partial charge is 0.508 e. The smallest absolute Gasteiger partial charge is 0.256 e. The first-order valence-corrected chi connectivity index (χ1v) is 11.3. The molecule has 0 aliphatic carbocycles. The van der Waals surface area contributed by atoms with Crippen LogP contribution in [-0.2, 0) is 6.54 Å². The Hall–Kier alpha value is -4.03. The van der Waals surface area contributed by atoms with Crippen molar-refractivity contribution in [1.29, 1.82) is 0 Å². The van der Waals surface area contributed by atoms with Crippen molar-refractivity contribution < 1.29 is 14.7 Å². The van der Waals surface area contributed by atoms with E-state index < -0.39 is 0 Å². The molecule has 1 aliphatic rings. The highest BCUT2D eigenvalue weighted by molar-refractivity contribution is 7.99. The van der Waals surface area contributed by atoms with Gasteiger partial charge in [0.1, 0.15) is 5.75 Å². The molecule has 0 unspecified atom stereocenters. The SMILES string of the molecule is O=C(NCc1cccc(-c2cccc(O)c2)c1)c1ccc2c(c1)NC(=O)c1ccccc1S2. The van der Waals surface area contributed by atoms with Gasteiger partial charge in [-0.2, -0.15) is 0 Å². The summed E-state index contributed by atoms with van der Waals surface area (Å²) in [6.07, 6.45) is 0. The van der Waals surface area contributed by atoms with E-state index >= 15 is 0 Å². The lowest BCUT2D eigenvalue weighted by atomic mass is 10.0. The molecule has 3 N–H and O–H groups in total. The molecule has 0 spiro atoms. The van der Waals surface area contributed by atoms with Crippen LogP contribution in [0.25, 0.3) is 11.1 Å². The minimum Gasteiger partial charge on any atom is -0.508 e. The lowest BCUT2D eigenvalue weighted by molar-refractivity contribution is 0.0949. The van der Waals surface area contributed by atoms with Gasteiger partial charge in [0.25, 0.3) is 11.8 Å². The van der Waals surface area contributed by atoms with Crippen molar-refractivity contribution in [2.45, 2.75) is 16.3 Å². The van der Waals surface area contributed by atoms with E-state index in [1.54, 1.807) is 36.4 Å². The molecule has 2 amide bonds. The highest BCUT2D eigenvalue weighted by atomic mass is 32.2. The Bertz CT molecular complexity index is 1380. The summed E-state index contributed by atoms with van der Waals surface area (Å²) in [6.45, 7) is 0.356. The van der Waals surface area contributed by atoms with Gasteiger partial charge < -0.3 is 15.7 Å². The number of phenolic OH excluding ortho intramolecular Hbond substituents is 1. The second kappa shape index (κ2) is 8.84. The van der Waals surface area contributed by atoms with Gasteiger partial charge in [-0.15, -0.1) is 0 Å². The number of anilines is 1. The average molecular weight is 453 g/mol. The number of phenols is 1. The van der Waals surface area contributed by atoms with E-state index in [4.69, 9.17) is 0 Å². The second-order valence-corrected chi connectivity index (χ2v) is 8.78. The number of nitrogens with one attached hydrogen (secondary N) is 2. The van der Waals surface area contributed by atoms with Crippen LogP contribution in [0.4, 0.5) is 5.69 Å². The summed E-state index contributed by atoms with van der Waals surface area (Å²) < 4.78 is 0. The number of aromatic hydroxyl groups is 1. The second-order valence-electron chi connectivity index (χ2n) is 7.70. The molecule has 1 heterocycles. The molecule has 33 heavy (non-hydrogen) atoms. The van der Waals surface area contributed by atoms with Crippen molar-refractivity contribution in [3.8, 4) is 16.9 Å². The zero-order valence-electron chi connectivity index (χ0n) is 17.5. The standard InChI is InChI=1S/C27H20N2O3S/c30-21-8-4-7-19(14-21)18-6-3-5-17(13-18)16-28-26(31)20-11-12-25-23(15-20)29-27(32)22-9-1-2-10-24(22)33-25/h1-15,30H,16H2,(H,28,31)(H,29,32). The van der Waals surface area contributed by atoms with Crippen LogP contribution >= 0.6 is 11.8 Å². The monoisotopic (exact) mass is 452 g/mol. The zero-order valence-corrected chi connectivity index (χ0v) is 18.4. The summed E-state index contributed by atoms with van der Waals surface area (Å²) in [5.41, 5.74) is 4.53. The molecule has 0 bridgehead atoms. The third-order valence-corrected chi connectivity index (χ3v) is 6.55. The highest BCUT2D eigenvalue weighted by Crippen LogP contribution is 2.39. The highest BCUT2D eigenvalue weighted by Gasteiger charge is 2.20. The van der Waals surface area contributed by atoms with Crippen LogP contribution in [0.2, 0.25) is 0 Å². The summed E-state index contributed by atoms with van der Waals surface area (Å²) in [4.78, 5) is 27.2. The summed E-state index contributed by atoms with van der Waals surface area (Å²) in [5, 5.41) is 15.6. The van der Waals surface area contributed by atoms with E-state index in [9.17, 15) is 14.7 Å². The van der Waals surface area contributed by atoms with Crippen LogP contribution in [0.15, 0.2) is 101 Å². The van der Waals surface area contributed by atoms with E-state index in [0.29, 0.717) is 23.4 Å². The first-order valence-electron chi connectivity index (χ1n) is 10.5. The van der Waals surface area contributed by atoms with E-state index in [0.717, 1.165) is 26.5 Å². The Labute approximate surface area is 195 Å². The normalized spacial score (nSPS) is 12.2. The molecule has 6 heteroatoms. The van der Waals surface area contributed by atoms with Gasteiger partial charge in [0, 0.05) is 21.9 Å². The van der Waals surface area contributed by atoms with Gasteiger partial charge in [0.05, 0.1) is 11.3 Å². The minimum absolute atomic E-state index is 0.182. The van der Waals surface area contributed by atoms with Crippen molar-refractivity contribution in [2.75, 3.05) is 5.32 Å². The molecule has 5 nitrogen and oxygen atoms in total. The number of rotatable bonds is 4. The quantitative estimate of drug-likeness (QED) is 0.371. The van der Waals surface area contributed by atoms with E-state index in [1.165, 1.54) is 11.8 Å². The zero-order chi connectivity index (χ0) is 22.8. The van der Waals surface area contributed by atoms with Gasteiger partial charge in [-0.3, -0.25) is 9.59 Å². The maximum Gasteiger partial charge on any atom is 0.256 e. The molecule has 0 fully saturated rings. The van der Waals surface area contributed by atoms with Gasteiger partial charge >= 0.3 is 0 Å². The molecule has 0 radical (unpaired) electrons. The summed E-state index contributed by atoms with van der Waals surface area (Å²) in [5.74, 6) is -0.192. The molecule has 4 aromatic rings. The van der Waals surface area contributed by atoms with Gasteiger partial charge in [-0.25, -0.2) is 0 Å². The molecular formula is C27H20N2O3S. The lowest BCUT2D eigenvalue weighted by Crippen LogP contribution is -2.23. The number of carbonyl (C=O) groups is 2. The number of amides is 2. The topological polar surface area (TPSA) is 78.4 Å². The molecule has 5 rings (SSSR count). The van der Waals surface area contributed by atoms with Crippen LogP contribution in [0.5, 0.6) is 5.75 Å². The Balaban J connectivity index is 1.31. The molecule has 4 aromatic carbocycles. The molecule has 1 aliphatic heterocycles. The predicted octanol–water partition coefficient (Wildman–Crippen LogP) is 5.71. The molecule has 0 aromatic heterocycles. The van der Waals surface area contributed by atoms with E-state index in [2.05, 4.69) is 10.6 Å². The molecule has 162 valence electrons. The minimum atomic E-state index is -0.221. The Morgan fingerprint density at radius 2 is 1.64 bits per heavy atom. The Kier molecular flexibility index (Phi) is 5.59. The van der Waals surface area contributed by atoms with Crippen molar-refractivity contribution in [3.63, 3.8) is 0 Å². The number of benzene rings is 4. The maximum atomic E-state index is 12.8. The van der Waals surface area contributed by atoms with Gasteiger partial charge in [0.2, 0.25) is 0 Å². The first-order chi connectivity index (χ1) is 16.1. The van der Waals surface area contributed by atoms with E-state index in [-0.39, 0.29) is 17.6 Å². The average Bonchev–Trinajstić information content (AvgIpc) is 2.98. The summed E-state index contributed by atoms with van der Waals surface area (Å²) >= 11 is 1.51. The van der Waals surface area contributed by atoms with Gasteiger partial charge in [0.15, 0.2) is 0 Å². The number of hydrogen-bond donors (Lipinski definition) is 3. The van der Waals surface area contributed by atoms with Crippen LogP contribution in [-0.4, -0.2) is 16.9 Å². The third-order valence-electron chi connectivity index (χ3n) is 5.40. The summed E-state index contributed by atoms with van der Waals surface area (Å²) in [6, 6.07) is 27.7. The fraction of sp³-hybridized carbons (Fsp3) is 0.0370. The summed E-state index contributed by atoms with van der Waals surface area (Å²) in [7, 11) is 0. The van der Waals surface area contributed by atoms with Crippen molar-refractivity contribution in [1.82, 2.24) is 5.32 Å². The van der Waals surface area contributed by atoms with Crippen molar-refractivity contribution in [2.24, 2.45) is 0 Å². The van der Waals surface area contributed by atoms with Gasteiger partial charge in [-0.05, 0) is 65.2 Å². The van der Waals surface area contributed by atoms with Crippen molar-refractivity contribution in [3.05, 3.63) is 108 Å². The molecular weight excluding hydrogens is 432 g/mol. The molecule has 0 saturated carbocycles. The third kappa shape index (κ3) is 4.47. The molecule has 0 saturated heterocycles. The predicted molar refractivity (Wildman–Crippen MR) is 130 cm³/mol. The fourth-order valence-corrected chi connectivity index (χ4v) is 4.75. The lowest BCUT2D eigenvalue weighted by Gasteiger charge is -2.11. The number of carbonyl (C=O) groups excluding carboxylic acids is 2. The van der Waals surface area contributed by atoms with Crippen LogP contribution in [0, 0.1) is 0 Å². The number of fused-ring (bicyclic) bond motifs is 2. The number of hydrogen-bond acceptors (Lipinski definition) is 4. The Morgan fingerprint density at radius 3 is 2.48 bits per heavy atom. The van der Waals surface area contributed by atoms with Crippen LogP contribution < -0.4 is 10.6 Å². The Morgan fingerprint density at radius 1 is 0.848 bits per heavy atom. The fourth-order valence-electron chi connectivity index (χ4n) is 3.74. The maximum absolute atomic E-state index is 12.8. The first kappa shape index (κ1) is 20.8. The van der Waals surface area contributed by atoms with E-state index in [1.807, 2.05) is 54.6 Å². The van der Waals surface area contributed by atoms with Crippen molar-refractivity contribution >= 4 is 29.3 Å². The molecule has 0 atom stereocenters. The van der Waals surface area contributed by atoms with Crippen LogP contribution in [0.1, 0.15) is 26.3 Å².